The van der Waals surface area contributed by atoms with E-state index < -0.39 is 6.10 Å². The number of aliphatic hydroxyl groups is 1. The van der Waals surface area contributed by atoms with E-state index in [0.29, 0.717) is 18.6 Å². The number of hydrogen-bond donors (Lipinski definition) is 2. The molecule has 2 atom stereocenters. The number of aliphatic hydroxyl groups excluding tert-OH is 1. The van der Waals surface area contributed by atoms with Crippen LogP contribution in [-0.4, -0.2) is 17.1 Å². The highest BCUT2D eigenvalue weighted by Crippen LogP contribution is 2.18. The molecule has 2 rings (SSSR count). The minimum absolute atomic E-state index is 0.0419. The molecule has 0 saturated carbocycles. The summed E-state index contributed by atoms with van der Waals surface area (Å²) in [4.78, 5) is 12.0. The number of hydrogen-bond acceptors (Lipinski definition) is 3. The van der Waals surface area contributed by atoms with Crippen molar-refractivity contribution >= 4 is 5.91 Å². The Morgan fingerprint density at radius 1 is 1.33 bits per heavy atom. The maximum Gasteiger partial charge on any atom is 0.224 e. The van der Waals surface area contributed by atoms with Gasteiger partial charge in [0.05, 0.1) is 12.7 Å². The van der Waals surface area contributed by atoms with Crippen molar-refractivity contribution in [3.63, 3.8) is 0 Å². The highest BCUT2D eigenvalue weighted by atomic mass is 16.4. The smallest absolute Gasteiger partial charge is 0.224 e. The molecule has 0 aliphatic heterocycles. The summed E-state index contributed by atoms with van der Waals surface area (Å²) in [7, 11) is 0. The van der Waals surface area contributed by atoms with Crippen molar-refractivity contribution in [2.24, 2.45) is 0 Å². The van der Waals surface area contributed by atoms with Crippen LogP contribution in [0.5, 0.6) is 0 Å². The lowest BCUT2D eigenvalue weighted by Gasteiger charge is -2.16. The van der Waals surface area contributed by atoms with E-state index >= 15 is 0 Å². The normalized spacial score (nSPS) is 13.7. The zero-order chi connectivity index (χ0) is 15.2. The third-order valence-corrected chi connectivity index (χ3v) is 3.30. The lowest BCUT2D eigenvalue weighted by atomic mass is 10.1. The predicted octanol–water partition coefficient (Wildman–Crippen LogP) is 2.76. The number of amides is 1. The predicted molar refractivity (Wildman–Crippen MR) is 80.8 cm³/mol. The van der Waals surface area contributed by atoms with Crippen molar-refractivity contribution in [3.05, 3.63) is 59.5 Å². The Hall–Kier alpha value is -2.07. The fraction of sp³-hybridized carbons (Fsp3) is 0.353. The monoisotopic (exact) mass is 287 g/mol. The number of rotatable bonds is 6. The largest absolute Gasteiger partial charge is 0.467 e. The molecule has 1 aromatic carbocycles. The third-order valence-electron chi connectivity index (χ3n) is 3.30. The van der Waals surface area contributed by atoms with E-state index in [0.717, 1.165) is 11.1 Å². The summed E-state index contributed by atoms with van der Waals surface area (Å²) in [5, 5.41) is 12.9. The van der Waals surface area contributed by atoms with Crippen molar-refractivity contribution in [2.45, 2.75) is 38.8 Å². The lowest BCUT2D eigenvalue weighted by molar-refractivity contribution is -0.121. The van der Waals surface area contributed by atoms with Crippen molar-refractivity contribution in [3.8, 4) is 0 Å². The number of aryl methyl sites for hydroxylation is 1. The molecule has 0 saturated heterocycles. The van der Waals surface area contributed by atoms with Crippen LogP contribution in [0.15, 0.2) is 47.1 Å². The first kappa shape index (κ1) is 15.3. The molecule has 1 heterocycles. The molecule has 1 amide bonds. The summed E-state index contributed by atoms with van der Waals surface area (Å²) in [5.41, 5.74) is 2.13. The van der Waals surface area contributed by atoms with Crippen molar-refractivity contribution in [1.29, 1.82) is 0 Å². The topological polar surface area (TPSA) is 62.5 Å². The van der Waals surface area contributed by atoms with E-state index in [1.807, 2.05) is 38.1 Å². The van der Waals surface area contributed by atoms with Crippen LogP contribution in [0.1, 0.15) is 36.3 Å². The van der Waals surface area contributed by atoms with Crippen LogP contribution < -0.4 is 5.32 Å². The SMILES string of the molecule is Cc1cccc(CC(=O)NC(C)CC(O)c2ccco2)c1. The minimum Gasteiger partial charge on any atom is -0.467 e. The fourth-order valence-electron chi connectivity index (χ4n) is 2.32. The molecule has 0 aliphatic carbocycles. The van der Waals surface area contributed by atoms with Gasteiger partial charge in [0.25, 0.3) is 0 Å². The molecule has 0 fully saturated rings. The maximum atomic E-state index is 12.0. The standard InChI is InChI=1S/C17H21NO3/c1-12-5-3-6-14(9-12)11-17(20)18-13(2)10-15(19)16-7-4-8-21-16/h3-9,13,15,19H,10-11H2,1-2H3,(H,18,20). The van der Waals surface area contributed by atoms with Gasteiger partial charge in [0, 0.05) is 12.5 Å². The van der Waals surface area contributed by atoms with Gasteiger partial charge in [-0.2, -0.15) is 0 Å². The van der Waals surface area contributed by atoms with E-state index in [1.165, 1.54) is 6.26 Å². The molecule has 0 spiro atoms. The van der Waals surface area contributed by atoms with Gasteiger partial charge in [-0.25, -0.2) is 0 Å². The van der Waals surface area contributed by atoms with Gasteiger partial charge in [0.15, 0.2) is 0 Å². The van der Waals surface area contributed by atoms with Gasteiger partial charge in [-0.05, 0) is 31.5 Å². The summed E-state index contributed by atoms with van der Waals surface area (Å²) in [6.07, 6.45) is 1.60. The molecule has 0 radical (unpaired) electrons. The average Bonchev–Trinajstić information content (AvgIpc) is 2.91. The molecule has 1 aromatic heterocycles. The molecular formula is C17H21NO3. The van der Waals surface area contributed by atoms with Crippen LogP contribution >= 0.6 is 0 Å². The second-order valence-electron chi connectivity index (χ2n) is 5.40. The fourth-order valence-corrected chi connectivity index (χ4v) is 2.32. The number of carbonyl (C=O) groups excluding carboxylic acids is 1. The summed E-state index contributed by atoms with van der Waals surface area (Å²) in [6.45, 7) is 3.88. The molecule has 0 bridgehead atoms. The Labute approximate surface area is 124 Å². The summed E-state index contributed by atoms with van der Waals surface area (Å²) < 4.78 is 5.15. The van der Waals surface area contributed by atoms with Crippen LogP contribution in [0.3, 0.4) is 0 Å². The summed E-state index contributed by atoms with van der Waals surface area (Å²) in [5.74, 6) is 0.481. The number of furan rings is 1. The van der Waals surface area contributed by atoms with E-state index in [1.54, 1.807) is 12.1 Å². The minimum atomic E-state index is -0.700. The second-order valence-corrected chi connectivity index (χ2v) is 5.40. The van der Waals surface area contributed by atoms with Gasteiger partial charge in [-0.15, -0.1) is 0 Å². The highest BCUT2D eigenvalue weighted by Gasteiger charge is 2.16. The molecule has 112 valence electrons. The van der Waals surface area contributed by atoms with Gasteiger partial charge in [-0.3, -0.25) is 4.79 Å². The first-order chi connectivity index (χ1) is 10.0. The highest BCUT2D eigenvalue weighted by molar-refractivity contribution is 5.78. The first-order valence-electron chi connectivity index (χ1n) is 7.11. The van der Waals surface area contributed by atoms with E-state index in [4.69, 9.17) is 4.42 Å². The molecule has 2 N–H and O–H groups in total. The Kier molecular flexibility index (Phi) is 5.17. The molecule has 2 aromatic rings. The summed E-state index contributed by atoms with van der Waals surface area (Å²) in [6, 6.07) is 11.2. The van der Waals surface area contributed by atoms with Crippen LogP contribution in [0, 0.1) is 6.92 Å². The van der Waals surface area contributed by atoms with Gasteiger partial charge in [-0.1, -0.05) is 29.8 Å². The van der Waals surface area contributed by atoms with Crippen molar-refractivity contribution < 1.29 is 14.3 Å². The van der Waals surface area contributed by atoms with E-state index in [9.17, 15) is 9.90 Å². The number of carbonyl (C=O) groups is 1. The lowest BCUT2D eigenvalue weighted by Crippen LogP contribution is -2.34. The number of nitrogens with one attached hydrogen (secondary N) is 1. The van der Waals surface area contributed by atoms with E-state index in [2.05, 4.69) is 5.32 Å². The second kappa shape index (κ2) is 7.09. The van der Waals surface area contributed by atoms with Crippen LogP contribution in [0.25, 0.3) is 0 Å². The first-order valence-corrected chi connectivity index (χ1v) is 7.11. The Bertz CT molecular complexity index is 577. The van der Waals surface area contributed by atoms with Crippen molar-refractivity contribution in [2.75, 3.05) is 0 Å². The van der Waals surface area contributed by atoms with Crippen LogP contribution in [0.4, 0.5) is 0 Å². The Balaban J connectivity index is 1.82. The average molecular weight is 287 g/mol. The molecule has 0 aliphatic rings. The Morgan fingerprint density at radius 3 is 2.81 bits per heavy atom. The number of benzene rings is 1. The molecule has 2 unspecified atom stereocenters. The summed E-state index contributed by atoms with van der Waals surface area (Å²) >= 11 is 0. The van der Waals surface area contributed by atoms with E-state index in [-0.39, 0.29) is 11.9 Å². The zero-order valence-electron chi connectivity index (χ0n) is 12.4. The zero-order valence-corrected chi connectivity index (χ0v) is 12.4. The van der Waals surface area contributed by atoms with Gasteiger partial charge >= 0.3 is 0 Å². The molecular weight excluding hydrogens is 266 g/mol. The van der Waals surface area contributed by atoms with Gasteiger partial charge in [0.2, 0.25) is 5.91 Å². The van der Waals surface area contributed by atoms with Gasteiger partial charge < -0.3 is 14.8 Å². The van der Waals surface area contributed by atoms with Crippen LogP contribution in [0.2, 0.25) is 0 Å². The van der Waals surface area contributed by atoms with Gasteiger partial charge in [0.1, 0.15) is 11.9 Å². The third kappa shape index (κ3) is 4.76. The Morgan fingerprint density at radius 2 is 2.14 bits per heavy atom. The van der Waals surface area contributed by atoms with Crippen molar-refractivity contribution in [1.82, 2.24) is 5.32 Å². The van der Waals surface area contributed by atoms with Crippen LogP contribution in [-0.2, 0) is 11.2 Å². The molecule has 4 nitrogen and oxygen atoms in total. The quantitative estimate of drug-likeness (QED) is 0.858. The molecule has 4 heteroatoms. The maximum absolute atomic E-state index is 12.0. The molecule has 21 heavy (non-hydrogen) atoms.